The number of aliphatic carboxylic acids is 1. The van der Waals surface area contributed by atoms with E-state index in [-0.39, 0.29) is 0 Å². The average molecular weight is 323 g/mol. The number of carboxylic acid groups (broad SMARTS) is 1. The van der Waals surface area contributed by atoms with Gasteiger partial charge in [-0.2, -0.15) is 0 Å². The highest BCUT2D eigenvalue weighted by Crippen LogP contribution is 2.36. The van der Waals surface area contributed by atoms with Crippen molar-refractivity contribution >= 4 is 34.9 Å². The van der Waals surface area contributed by atoms with Gasteiger partial charge in [-0.25, -0.2) is 5.01 Å². The Hall–Kier alpha value is -1.75. The number of benzene rings is 2. The first-order valence-electron chi connectivity index (χ1n) is 6.35. The van der Waals surface area contributed by atoms with E-state index in [0.717, 1.165) is 16.8 Å². The lowest BCUT2D eigenvalue weighted by Crippen LogP contribution is -2.32. The van der Waals surface area contributed by atoms with Crippen LogP contribution in [0.3, 0.4) is 0 Å². The minimum Gasteiger partial charge on any atom is -0.480 e. The van der Waals surface area contributed by atoms with Crippen LogP contribution in [0.25, 0.3) is 0 Å². The van der Waals surface area contributed by atoms with Crippen LogP contribution in [0.4, 0.5) is 5.69 Å². The summed E-state index contributed by atoms with van der Waals surface area (Å²) in [6, 6.07) is 11.8. The fourth-order valence-electron chi connectivity index (χ4n) is 2.46. The predicted octanol–water partition coefficient (Wildman–Crippen LogP) is 3.96. The summed E-state index contributed by atoms with van der Waals surface area (Å²) in [7, 11) is 0. The number of carboxylic acids is 1. The van der Waals surface area contributed by atoms with Gasteiger partial charge in [0, 0.05) is 22.2 Å². The van der Waals surface area contributed by atoms with Crippen molar-refractivity contribution in [2.75, 3.05) is 5.43 Å². The van der Waals surface area contributed by atoms with Crippen LogP contribution in [0, 0.1) is 0 Å². The molecule has 108 valence electrons. The molecule has 0 bridgehead atoms. The normalized spacial score (nSPS) is 17.3. The highest BCUT2D eigenvalue weighted by Gasteiger charge is 2.35. The van der Waals surface area contributed by atoms with Crippen LogP contribution in [-0.2, 0) is 11.3 Å². The number of halogens is 2. The molecule has 2 N–H and O–H groups in total. The maximum atomic E-state index is 11.6. The van der Waals surface area contributed by atoms with Crippen LogP contribution in [0.15, 0.2) is 42.5 Å². The molecule has 1 heterocycles. The number of hydrogen-bond donors (Lipinski definition) is 2. The molecule has 1 atom stereocenters. The molecule has 0 spiro atoms. The van der Waals surface area contributed by atoms with Crippen molar-refractivity contribution in [2.24, 2.45) is 0 Å². The van der Waals surface area contributed by atoms with Gasteiger partial charge in [-0.05, 0) is 23.8 Å². The van der Waals surface area contributed by atoms with Gasteiger partial charge in [-0.15, -0.1) is 0 Å². The molecule has 0 fully saturated rings. The minimum atomic E-state index is -0.905. The van der Waals surface area contributed by atoms with Gasteiger partial charge in [0.05, 0.1) is 5.69 Å². The monoisotopic (exact) mass is 322 g/mol. The molecule has 0 radical (unpaired) electrons. The number of fused-ring (bicyclic) bond motifs is 1. The molecule has 2 aromatic carbocycles. The van der Waals surface area contributed by atoms with Gasteiger partial charge in [0.25, 0.3) is 0 Å². The smallest absolute Gasteiger partial charge is 0.327 e. The summed E-state index contributed by atoms with van der Waals surface area (Å²) in [5.74, 6) is -0.905. The maximum absolute atomic E-state index is 11.6. The number of hydrogen-bond acceptors (Lipinski definition) is 3. The number of para-hydroxylation sites is 1. The van der Waals surface area contributed by atoms with Gasteiger partial charge in [0.2, 0.25) is 0 Å². The Morgan fingerprint density at radius 2 is 2.00 bits per heavy atom. The molecular weight excluding hydrogens is 311 g/mol. The van der Waals surface area contributed by atoms with Crippen molar-refractivity contribution in [3.8, 4) is 0 Å². The van der Waals surface area contributed by atoms with Crippen molar-refractivity contribution in [3.63, 3.8) is 0 Å². The van der Waals surface area contributed by atoms with Crippen molar-refractivity contribution in [3.05, 3.63) is 63.6 Å². The van der Waals surface area contributed by atoms with E-state index in [9.17, 15) is 9.90 Å². The zero-order chi connectivity index (χ0) is 15.0. The van der Waals surface area contributed by atoms with Gasteiger partial charge in [-0.1, -0.05) is 47.5 Å². The summed E-state index contributed by atoms with van der Waals surface area (Å²) in [5, 5.41) is 12.2. The highest BCUT2D eigenvalue weighted by molar-refractivity contribution is 6.35. The fraction of sp³-hybridized carbons (Fsp3) is 0.133. The average Bonchev–Trinajstić information content (AvgIpc) is 2.80. The number of nitrogens with one attached hydrogen (secondary N) is 1. The minimum absolute atomic E-state index is 0.363. The van der Waals surface area contributed by atoms with Crippen LogP contribution in [0.5, 0.6) is 0 Å². The van der Waals surface area contributed by atoms with Crippen LogP contribution in [0.1, 0.15) is 17.2 Å². The Morgan fingerprint density at radius 1 is 1.24 bits per heavy atom. The van der Waals surface area contributed by atoms with Gasteiger partial charge < -0.3 is 10.5 Å². The molecule has 1 unspecified atom stereocenters. The lowest BCUT2D eigenvalue weighted by Gasteiger charge is -2.22. The Labute approximate surface area is 131 Å². The Bertz CT molecular complexity index is 706. The second-order valence-corrected chi connectivity index (χ2v) is 5.65. The Kier molecular flexibility index (Phi) is 3.76. The van der Waals surface area contributed by atoms with E-state index in [4.69, 9.17) is 23.2 Å². The second kappa shape index (κ2) is 5.56. The van der Waals surface area contributed by atoms with E-state index in [1.807, 2.05) is 24.3 Å². The maximum Gasteiger partial charge on any atom is 0.327 e. The number of anilines is 1. The summed E-state index contributed by atoms with van der Waals surface area (Å²) in [4.78, 5) is 11.6. The lowest BCUT2D eigenvalue weighted by molar-refractivity contribution is -0.142. The summed E-state index contributed by atoms with van der Waals surface area (Å²) >= 11 is 12.0. The predicted molar refractivity (Wildman–Crippen MR) is 82.4 cm³/mol. The van der Waals surface area contributed by atoms with Crippen molar-refractivity contribution in [2.45, 2.75) is 12.6 Å². The lowest BCUT2D eigenvalue weighted by atomic mass is 10.1. The molecule has 0 aliphatic carbocycles. The summed E-state index contributed by atoms with van der Waals surface area (Å²) in [6.07, 6.45) is 0. The first kappa shape index (κ1) is 14.2. The largest absolute Gasteiger partial charge is 0.480 e. The summed E-state index contributed by atoms with van der Waals surface area (Å²) in [6.45, 7) is 0.363. The molecule has 2 aromatic rings. The molecule has 0 amide bonds. The molecule has 0 saturated carbocycles. The molecule has 1 aliphatic heterocycles. The van der Waals surface area contributed by atoms with Crippen molar-refractivity contribution in [1.29, 1.82) is 0 Å². The van der Waals surface area contributed by atoms with Crippen LogP contribution in [-0.4, -0.2) is 16.1 Å². The fourth-order valence-corrected chi connectivity index (χ4v) is 2.92. The summed E-state index contributed by atoms with van der Waals surface area (Å²) < 4.78 is 0. The molecule has 0 saturated heterocycles. The Balaban J connectivity index is 1.91. The van der Waals surface area contributed by atoms with Crippen LogP contribution < -0.4 is 5.43 Å². The van der Waals surface area contributed by atoms with E-state index in [1.54, 1.807) is 23.2 Å². The summed E-state index contributed by atoms with van der Waals surface area (Å²) in [5.41, 5.74) is 5.48. The molecule has 21 heavy (non-hydrogen) atoms. The zero-order valence-corrected chi connectivity index (χ0v) is 12.4. The van der Waals surface area contributed by atoms with Crippen LogP contribution in [0.2, 0.25) is 10.0 Å². The third-order valence-electron chi connectivity index (χ3n) is 3.42. The topological polar surface area (TPSA) is 52.6 Å². The molecule has 4 nitrogen and oxygen atoms in total. The zero-order valence-electron chi connectivity index (χ0n) is 10.9. The SMILES string of the molecule is O=C(O)C1c2ccccc2NN1Cc1ccc(Cl)cc1Cl. The van der Waals surface area contributed by atoms with Crippen molar-refractivity contribution < 1.29 is 9.90 Å². The molecule has 6 heteroatoms. The van der Waals surface area contributed by atoms with E-state index < -0.39 is 12.0 Å². The quantitative estimate of drug-likeness (QED) is 0.898. The Morgan fingerprint density at radius 3 is 2.71 bits per heavy atom. The first-order chi connectivity index (χ1) is 10.1. The highest BCUT2D eigenvalue weighted by atomic mass is 35.5. The van der Waals surface area contributed by atoms with E-state index in [0.29, 0.717) is 16.6 Å². The number of rotatable bonds is 3. The molecule has 3 rings (SSSR count). The number of nitrogens with zero attached hydrogens (tertiary/aromatic N) is 1. The molecular formula is C15H12Cl2N2O2. The third-order valence-corrected chi connectivity index (χ3v) is 4.01. The second-order valence-electron chi connectivity index (χ2n) is 4.80. The van der Waals surface area contributed by atoms with E-state index in [2.05, 4.69) is 5.43 Å². The number of carbonyl (C=O) groups is 1. The van der Waals surface area contributed by atoms with Gasteiger partial charge in [0.15, 0.2) is 6.04 Å². The third kappa shape index (κ3) is 2.70. The van der Waals surface area contributed by atoms with Gasteiger partial charge >= 0.3 is 5.97 Å². The molecule has 0 aromatic heterocycles. The van der Waals surface area contributed by atoms with E-state index >= 15 is 0 Å². The van der Waals surface area contributed by atoms with Gasteiger partial charge in [-0.3, -0.25) is 4.79 Å². The standard InChI is InChI=1S/C15H12Cl2N2O2/c16-10-6-5-9(12(17)7-10)8-19-14(15(20)21)11-3-1-2-4-13(11)18-19/h1-7,14,18H,8H2,(H,20,21). The molecule has 1 aliphatic rings. The number of hydrazine groups is 1. The van der Waals surface area contributed by atoms with Crippen molar-refractivity contribution in [1.82, 2.24) is 5.01 Å². The first-order valence-corrected chi connectivity index (χ1v) is 7.11. The van der Waals surface area contributed by atoms with Crippen LogP contribution >= 0.6 is 23.2 Å². The van der Waals surface area contributed by atoms with Gasteiger partial charge in [0.1, 0.15) is 0 Å². The van der Waals surface area contributed by atoms with E-state index in [1.165, 1.54) is 0 Å².